The van der Waals surface area contributed by atoms with E-state index in [9.17, 15) is 4.79 Å². The summed E-state index contributed by atoms with van der Waals surface area (Å²) in [6.07, 6.45) is 0. The molecule has 0 unspecified atom stereocenters. The second-order valence-corrected chi connectivity index (χ2v) is 4.03. The predicted octanol–water partition coefficient (Wildman–Crippen LogP) is 2.38. The van der Waals surface area contributed by atoms with E-state index in [1.807, 2.05) is 12.1 Å². The molecule has 0 aromatic heterocycles. The van der Waals surface area contributed by atoms with Gasteiger partial charge in [0.05, 0.1) is 19.3 Å². The fraction of sp³-hybridized carbons (Fsp3) is 0.133. The number of para-hydroxylation sites is 2. The maximum absolute atomic E-state index is 11.4. The van der Waals surface area contributed by atoms with Gasteiger partial charge in [-0.05, 0) is 36.4 Å². The largest absolute Gasteiger partial charge is 0.497 e. The molecule has 2 rings (SSSR count). The summed E-state index contributed by atoms with van der Waals surface area (Å²) in [4.78, 5) is 11.4. The molecule has 0 saturated carbocycles. The highest BCUT2D eigenvalue weighted by Crippen LogP contribution is 2.30. The number of nitrogens with one attached hydrogen (secondary N) is 1. The number of hydrogen-bond donors (Lipinski definition) is 2. The Bertz CT molecular complexity index is 582. The van der Waals surface area contributed by atoms with E-state index in [4.69, 9.17) is 15.2 Å². The maximum Gasteiger partial charge on any atom is 0.238 e. The Kier molecular flexibility index (Phi) is 4.57. The van der Waals surface area contributed by atoms with E-state index in [1.165, 1.54) is 0 Å². The average molecular weight is 272 g/mol. The number of rotatable bonds is 5. The summed E-state index contributed by atoms with van der Waals surface area (Å²) in [5, 5.41) is 2.69. The Morgan fingerprint density at radius 1 is 1.10 bits per heavy atom. The molecule has 0 spiro atoms. The zero-order valence-corrected chi connectivity index (χ0v) is 11.1. The van der Waals surface area contributed by atoms with Crippen molar-refractivity contribution in [2.75, 3.05) is 19.0 Å². The maximum atomic E-state index is 11.4. The van der Waals surface area contributed by atoms with Gasteiger partial charge < -0.3 is 20.5 Å². The Morgan fingerprint density at radius 2 is 1.75 bits per heavy atom. The van der Waals surface area contributed by atoms with Gasteiger partial charge in [0, 0.05) is 0 Å². The third-order valence-corrected chi connectivity index (χ3v) is 2.63. The summed E-state index contributed by atoms with van der Waals surface area (Å²) in [6, 6.07) is 14.4. The van der Waals surface area contributed by atoms with Gasteiger partial charge in [-0.3, -0.25) is 4.79 Å². The van der Waals surface area contributed by atoms with E-state index >= 15 is 0 Å². The van der Waals surface area contributed by atoms with Crippen molar-refractivity contribution in [3.63, 3.8) is 0 Å². The van der Waals surface area contributed by atoms with Gasteiger partial charge in [-0.1, -0.05) is 12.1 Å². The predicted molar refractivity (Wildman–Crippen MR) is 77.2 cm³/mol. The Hall–Kier alpha value is -2.53. The van der Waals surface area contributed by atoms with E-state index in [1.54, 1.807) is 43.5 Å². The second-order valence-electron chi connectivity index (χ2n) is 4.03. The molecule has 0 atom stereocenters. The van der Waals surface area contributed by atoms with Gasteiger partial charge in [0.25, 0.3) is 0 Å². The first kappa shape index (κ1) is 13.9. The van der Waals surface area contributed by atoms with Crippen LogP contribution in [0, 0.1) is 0 Å². The van der Waals surface area contributed by atoms with Crippen LogP contribution in [0.1, 0.15) is 0 Å². The molecule has 0 fully saturated rings. The number of carbonyl (C=O) groups excluding carboxylic acids is 1. The lowest BCUT2D eigenvalue weighted by molar-refractivity contribution is -0.114. The lowest BCUT2D eigenvalue weighted by atomic mass is 10.2. The topological polar surface area (TPSA) is 73.6 Å². The van der Waals surface area contributed by atoms with Crippen molar-refractivity contribution >= 4 is 11.6 Å². The third kappa shape index (κ3) is 3.49. The van der Waals surface area contributed by atoms with Crippen molar-refractivity contribution in [2.45, 2.75) is 0 Å². The Balaban J connectivity index is 2.17. The average Bonchev–Trinajstić information content (AvgIpc) is 2.50. The number of nitrogens with two attached hydrogens (primary N) is 1. The molecule has 20 heavy (non-hydrogen) atoms. The van der Waals surface area contributed by atoms with Crippen LogP contribution >= 0.6 is 0 Å². The highest BCUT2D eigenvalue weighted by molar-refractivity contribution is 5.93. The first-order valence-corrected chi connectivity index (χ1v) is 6.14. The van der Waals surface area contributed by atoms with Gasteiger partial charge in [0.2, 0.25) is 5.91 Å². The smallest absolute Gasteiger partial charge is 0.238 e. The Morgan fingerprint density at radius 3 is 2.40 bits per heavy atom. The summed E-state index contributed by atoms with van der Waals surface area (Å²) in [5.74, 6) is 1.69. The monoisotopic (exact) mass is 272 g/mol. The molecule has 104 valence electrons. The summed E-state index contributed by atoms with van der Waals surface area (Å²) in [5.41, 5.74) is 5.87. The molecule has 5 nitrogen and oxygen atoms in total. The lowest BCUT2D eigenvalue weighted by Gasteiger charge is -2.12. The van der Waals surface area contributed by atoms with Gasteiger partial charge in [-0.15, -0.1) is 0 Å². The van der Waals surface area contributed by atoms with Crippen LogP contribution in [0.15, 0.2) is 48.5 Å². The number of carbonyl (C=O) groups is 1. The number of anilines is 1. The molecule has 0 bridgehead atoms. The quantitative estimate of drug-likeness (QED) is 0.876. The van der Waals surface area contributed by atoms with Crippen LogP contribution in [-0.2, 0) is 4.79 Å². The van der Waals surface area contributed by atoms with Crippen molar-refractivity contribution < 1.29 is 14.3 Å². The molecule has 0 radical (unpaired) electrons. The van der Waals surface area contributed by atoms with Crippen LogP contribution in [0.3, 0.4) is 0 Å². The minimum atomic E-state index is -0.268. The SMILES string of the molecule is COc1ccc(Oc2ccccc2NC(=O)CN)cc1. The standard InChI is InChI=1S/C15H16N2O3/c1-19-11-6-8-12(9-7-11)20-14-5-3-2-4-13(14)17-15(18)10-16/h2-9H,10,16H2,1H3,(H,17,18). The minimum Gasteiger partial charge on any atom is -0.497 e. The number of methoxy groups -OCH3 is 1. The highest BCUT2D eigenvalue weighted by Gasteiger charge is 2.07. The van der Waals surface area contributed by atoms with Gasteiger partial charge in [-0.25, -0.2) is 0 Å². The molecule has 5 heteroatoms. The van der Waals surface area contributed by atoms with Crippen molar-refractivity contribution in [2.24, 2.45) is 5.73 Å². The fourth-order valence-corrected chi connectivity index (χ4v) is 1.63. The van der Waals surface area contributed by atoms with Crippen LogP contribution in [0.4, 0.5) is 5.69 Å². The Labute approximate surface area is 117 Å². The van der Waals surface area contributed by atoms with Crippen LogP contribution in [0.2, 0.25) is 0 Å². The van der Waals surface area contributed by atoms with E-state index in [0.29, 0.717) is 17.2 Å². The highest BCUT2D eigenvalue weighted by atomic mass is 16.5. The van der Waals surface area contributed by atoms with Crippen molar-refractivity contribution in [3.8, 4) is 17.2 Å². The van der Waals surface area contributed by atoms with E-state index in [2.05, 4.69) is 5.32 Å². The van der Waals surface area contributed by atoms with Crippen LogP contribution < -0.4 is 20.5 Å². The summed E-state index contributed by atoms with van der Waals surface area (Å²) in [7, 11) is 1.60. The summed E-state index contributed by atoms with van der Waals surface area (Å²) >= 11 is 0. The molecule has 2 aromatic rings. The van der Waals surface area contributed by atoms with Gasteiger partial charge >= 0.3 is 0 Å². The van der Waals surface area contributed by atoms with Crippen LogP contribution in [0.25, 0.3) is 0 Å². The van der Waals surface area contributed by atoms with E-state index in [-0.39, 0.29) is 12.5 Å². The minimum absolute atomic E-state index is 0.0725. The molecule has 2 aromatic carbocycles. The summed E-state index contributed by atoms with van der Waals surface area (Å²) < 4.78 is 10.8. The van der Waals surface area contributed by atoms with Gasteiger partial charge in [0.15, 0.2) is 5.75 Å². The number of amides is 1. The van der Waals surface area contributed by atoms with Crippen LogP contribution in [-0.4, -0.2) is 19.6 Å². The van der Waals surface area contributed by atoms with Gasteiger partial charge in [0.1, 0.15) is 11.5 Å². The lowest BCUT2D eigenvalue weighted by Crippen LogP contribution is -2.22. The molecular weight excluding hydrogens is 256 g/mol. The molecular formula is C15H16N2O3. The fourth-order valence-electron chi connectivity index (χ4n) is 1.63. The number of hydrogen-bond acceptors (Lipinski definition) is 4. The van der Waals surface area contributed by atoms with E-state index in [0.717, 1.165) is 5.75 Å². The van der Waals surface area contributed by atoms with Gasteiger partial charge in [-0.2, -0.15) is 0 Å². The molecule has 0 aliphatic carbocycles. The van der Waals surface area contributed by atoms with E-state index < -0.39 is 0 Å². The number of benzene rings is 2. The molecule has 0 saturated heterocycles. The molecule has 1 amide bonds. The second kappa shape index (κ2) is 6.58. The third-order valence-electron chi connectivity index (χ3n) is 2.63. The normalized spacial score (nSPS) is 9.90. The first-order chi connectivity index (χ1) is 9.72. The number of ether oxygens (including phenoxy) is 2. The zero-order valence-electron chi connectivity index (χ0n) is 11.1. The van der Waals surface area contributed by atoms with Crippen molar-refractivity contribution in [1.29, 1.82) is 0 Å². The van der Waals surface area contributed by atoms with Crippen LogP contribution in [0.5, 0.6) is 17.2 Å². The molecule has 0 aliphatic heterocycles. The zero-order chi connectivity index (χ0) is 14.4. The summed E-state index contributed by atoms with van der Waals surface area (Å²) in [6.45, 7) is -0.0725. The van der Waals surface area contributed by atoms with Crippen molar-refractivity contribution in [1.82, 2.24) is 0 Å². The molecule has 3 N–H and O–H groups in total. The molecule has 0 aliphatic rings. The first-order valence-electron chi connectivity index (χ1n) is 6.14. The van der Waals surface area contributed by atoms with Crippen molar-refractivity contribution in [3.05, 3.63) is 48.5 Å². The molecule has 0 heterocycles.